The Labute approximate surface area is 108 Å². The summed E-state index contributed by atoms with van der Waals surface area (Å²) in [6.07, 6.45) is -0.239. The van der Waals surface area contributed by atoms with E-state index in [1.807, 2.05) is 18.2 Å². The molecule has 1 heterocycles. The van der Waals surface area contributed by atoms with E-state index in [4.69, 9.17) is 9.84 Å². The van der Waals surface area contributed by atoms with Crippen molar-refractivity contribution in [3.63, 3.8) is 0 Å². The molecule has 1 atom stereocenters. The summed E-state index contributed by atoms with van der Waals surface area (Å²) in [5, 5.41) is 8.88. The van der Waals surface area contributed by atoms with Crippen LogP contribution in [0.2, 0.25) is 0 Å². The van der Waals surface area contributed by atoms with Crippen LogP contribution in [0.4, 0.5) is 4.79 Å². The van der Waals surface area contributed by atoms with Gasteiger partial charge in [0, 0.05) is 11.5 Å². The molecule has 0 radical (unpaired) electrons. The number of halogens is 1. The number of rotatable bonds is 2. The lowest BCUT2D eigenvalue weighted by Crippen LogP contribution is -2.32. The van der Waals surface area contributed by atoms with Crippen molar-refractivity contribution in [1.29, 1.82) is 0 Å². The average Bonchev–Trinajstić information content (AvgIpc) is 2.30. The second kappa shape index (κ2) is 5.06. The van der Waals surface area contributed by atoms with Crippen LogP contribution in [0.5, 0.6) is 0 Å². The zero-order chi connectivity index (χ0) is 12.4. The Morgan fingerprint density at radius 3 is 3.12 bits per heavy atom. The van der Waals surface area contributed by atoms with E-state index in [0.717, 1.165) is 16.5 Å². The first-order valence-corrected chi connectivity index (χ1v) is 6.22. The second-order valence-corrected chi connectivity index (χ2v) is 4.93. The second-order valence-electron chi connectivity index (χ2n) is 4.08. The Morgan fingerprint density at radius 1 is 1.65 bits per heavy atom. The minimum absolute atomic E-state index is 0.169. The molecule has 0 saturated carbocycles. The molecule has 0 bridgehead atoms. The van der Waals surface area contributed by atoms with E-state index in [0.29, 0.717) is 13.2 Å². The van der Waals surface area contributed by atoms with Crippen molar-refractivity contribution >= 4 is 22.0 Å². The maximum absolute atomic E-state index is 10.8. The lowest BCUT2D eigenvalue weighted by molar-refractivity contribution is 0.0222. The van der Waals surface area contributed by atoms with Crippen LogP contribution >= 0.6 is 15.9 Å². The Hall–Kier alpha value is -1.07. The SMILES string of the molecule is CN(CC1OCCc2c(Br)cccc21)C(=O)O. The van der Waals surface area contributed by atoms with Crippen LogP contribution in [-0.2, 0) is 11.2 Å². The van der Waals surface area contributed by atoms with Gasteiger partial charge in [-0.2, -0.15) is 0 Å². The van der Waals surface area contributed by atoms with Gasteiger partial charge in [0.1, 0.15) is 6.10 Å². The Balaban J connectivity index is 2.23. The van der Waals surface area contributed by atoms with E-state index in [2.05, 4.69) is 15.9 Å². The first kappa shape index (κ1) is 12.4. The molecule has 0 saturated heterocycles. The van der Waals surface area contributed by atoms with E-state index >= 15 is 0 Å². The largest absolute Gasteiger partial charge is 0.465 e. The van der Waals surface area contributed by atoms with Crippen molar-refractivity contribution in [3.8, 4) is 0 Å². The van der Waals surface area contributed by atoms with Crippen molar-refractivity contribution < 1.29 is 14.6 Å². The number of fused-ring (bicyclic) bond motifs is 1. The maximum Gasteiger partial charge on any atom is 0.407 e. The third-order valence-corrected chi connectivity index (χ3v) is 3.68. The molecule has 1 aromatic carbocycles. The molecule has 1 N–H and O–H groups in total. The van der Waals surface area contributed by atoms with Gasteiger partial charge in [-0.05, 0) is 23.6 Å². The first-order chi connectivity index (χ1) is 8.09. The lowest BCUT2D eigenvalue weighted by atomic mass is 9.97. The summed E-state index contributed by atoms with van der Waals surface area (Å²) in [6, 6.07) is 5.95. The average molecular weight is 300 g/mol. The highest BCUT2D eigenvalue weighted by Crippen LogP contribution is 2.32. The van der Waals surface area contributed by atoms with E-state index < -0.39 is 6.09 Å². The summed E-state index contributed by atoms with van der Waals surface area (Å²) in [5.74, 6) is 0. The Morgan fingerprint density at radius 2 is 2.41 bits per heavy atom. The predicted molar refractivity (Wildman–Crippen MR) is 67.2 cm³/mol. The van der Waals surface area contributed by atoms with Crippen LogP contribution in [0.25, 0.3) is 0 Å². The van der Waals surface area contributed by atoms with Crippen LogP contribution in [0.1, 0.15) is 17.2 Å². The number of amides is 1. The predicted octanol–water partition coefficient (Wildman–Crippen LogP) is 2.67. The van der Waals surface area contributed by atoms with E-state index in [1.165, 1.54) is 10.5 Å². The minimum Gasteiger partial charge on any atom is -0.465 e. The molecule has 1 amide bonds. The topological polar surface area (TPSA) is 49.8 Å². The van der Waals surface area contributed by atoms with Crippen molar-refractivity contribution in [2.75, 3.05) is 20.2 Å². The third kappa shape index (κ3) is 2.61. The molecule has 17 heavy (non-hydrogen) atoms. The highest BCUT2D eigenvalue weighted by Gasteiger charge is 2.24. The summed E-state index contributed by atoms with van der Waals surface area (Å²) in [5.41, 5.74) is 2.31. The molecule has 0 aromatic heterocycles. The van der Waals surface area contributed by atoms with Crippen LogP contribution in [-0.4, -0.2) is 36.3 Å². The highest BCUT2D eigenvalue weighted by atomic mass is 79.9. The number of nitrogens with zero attached hydrogens (tertiary/aromatic N) is 1. The molecular formula is C12H14BrNO3. The molecule has 0 aliphatic carbocycles. The number of hydrogen-bond donors (Lipinski definition) is 1. The van der Waals surface area contributed by atoms with Gasteiger partial charge in [-0.15, -0.1) is 0 Å². The van der Waals surface area contributed by atoms with E-state index in [1.54, 1.807) is 7.05 Å². The van der Waals surface area contributed by atoms with Gasteiger partial charge >= 0.3 is 6.09 Å². The number of carbonyl (C=O) groups is 1. The molecule has 0 spiro atoms. The summed E-state index contributed by atoms with van der Waals surface area (Å²) in [7, 11) is 1.55. The highest BCUT2D eigenvalue weighted by molar-refractivity contribution is 9.10. The molecule has 92 valence electrons. The number of hydrogen-bond acceptors (Lipinski definition) is 2. The van der Waals surface area contributed by atoms with Crippen LogP contribution < -0.4 is 0 Å². The van der Waals surface area contributed by atoms with Crippen molar-refractivity contribution in [2.24, 2.45) is 0 Å². The summed E-state index contributed by atoms with van der Waals surface area (Å²) < 4.78 is 6.73. The molecule has 1 unspecified atom stereocenters. The number of carboxylic acid groups (broad SMARTS) is 1. The van der Waals surface area contributed by atoms with Gasteiger partial charge in [0.2, 0.25) is 0 Å². The molecule has 1 aromatic rings. The van der Waals surface area contributed by atoms with Crippen molar-refractivity contribution in [2.45, 2.75) is 12.5 Å². The molecule has 1 aliphatic rings. The minimum atomic E-state index is -0.935. The molecule has 4 nitrogen and oxygen atoms in total. The van der Waals surface area contributed by atoms with E-state index in [-0.39, 0.29) is 6.10 Å². The molecule has 0 fully saturated rings. The van der Waals surface area contributed by atoms with Crippen molar-refractivity contribution in [3.05, 3.63) is 33.8 Å². The van der Waals surface area contributed by atoms with E-state index in [9.17, 15) is 4.79 Å². The van der Waals surface area contributed by atoms with Gasteiger partial charge < -0.3 is 14.7 Å². The molecular weight excluding hydrogens is 286 g/mol. The van der Waals surface area contributed by atoms with Crippen LogP contribution in [0.3, 0.4) is 0 Å². The van der Waals surface area contributed by atoms with Gasteiger partial charge in [-0.1, -0.05) is 28.1 Å². The lowest BCUT2D eigenvalue weighted by Gasteiger charge is -2.29. The summed E-state index contributed by atoms with van der Waals surface area (Å²) in [6.45, 7) is 0.993. The maximum atomic E-state index is 10.8. The standard InChI is InChI=1S/C12H14BrNO3/c1-14(12(15)16)7-11-9-3-2-4-10(13)8(9)5-6-17-11/h2-4,11H,5-7H2,1H3,(H,15,16). The fourth-order valence-electron chi connectivity index (χ4n) is 2.01. The van der Waals surface area contributed by atoms with Crippen molar-refractivity contribution in [1.82, 2.24) is 4.90 Å². The van der Waals surface area contributed by atoms with Gasteiger partial charge in [0.25, 0.3) is 0 Å². The fraction of sp³-hybridized carbons (Fsp3) is 0.417. The third-order valence-electron chi connectivity index (χ3n) is 2.94. The fourth-order valence-corrected chi connectivity index (χ4v) is 2.59. The Kier molecular flexibility index (Phi) is 3.69. The molecule has 5 heteroatoms. The number of ether oxygens (including phenoxy) is 1. The van der Waals surface area contributed by atoms with Gasteiger partial charge in [0.05, 0.1) is 13.2 Å². The first-order valence-electron chi connectivity index (χ1n) is 5.42. The quantitative estimate of drug-likeness (QED) is 0.913. The van der Waals surface area contributed by atoms with Gasteiger partial charge in [-0.3, -0.25) is 0 Å². The molecule has 2 rings (SSSR count). The summed E-state index contributed by atoms with van der Waals surface area (Å²) in [4.78, 5) is 12.1. The number of likely N-dealkylation sites (N-methyl/N-ethyl adjacent to an activating group) is 1. The zero-order valence-electron chi connectivity index (χ0n) is 9.52. The zero-order valence-corrected chi connectivity index (χ0v) is 11.1. The van der Waals surface area contributed by atoms with Crippen LogP contribution in [0, 0.1) is 0 Å². The van der Waals surface area contributed by atoms with Gasteiger partial charge in [-0.25, -0.2) is 4.79 Å². The smallest absolute Gasteiger partial charge is 0.407 e. The monoisotopic (exact) mass is 299 g/mol. The normalized spacial score (nSPS) is 18.6. The number of benzene rings is 1. The van der Waals surface area contributed by atoms with Crippen LogP contribution in [0.15, 0.2) is 22.7 Å². The van der Waals surface area contributed by atoms with Gasteiger partial charge in [0.15, 0.2) is 0 Å². The summed E-state index contributed by atoms with van der Waals surface area (Å²) >= 11 is 3.52. The molecule has 1 aliphatic heterocycles. The Bertz CT molecular complexity index is 436.